The van der Waals surface area contributed by atoms with Crippen LogP contribution in [0.15, 0.2) is 72.8 Å². The van der Waals surface area contributed by atoms with Crippen molar-refractivity contribution in [3.63, 3.8) is 0 Å². The van der Waals surface area contributed by atoms with E-state index >= 15 is 0 Å². The molecule has 3 aromatic rings. The van der Waals surface area contributed by atoms with Gasteiger partial charge in [0.25, 0.3) is 0 Å². The molecular formula is C36H41N5O5. The predicted molar refractivity (Wildman–Crippen MR) is 173 cm³/mol. The lowest BCUT2D eigenvalue weighted by Gasteiger charge is -2.25. The number of amides is 4. The number of alkyl carbamates (subject to hydrolysis) is 1. The van der Waals surface area contributed by atoms with Crippen LogP contribution < -0.4 is 21.3 Å². The number of nitrogens with zero attached hydrogens (tertiary/aromatic N) is 1. The molecule has 0 bridgehead atoms. The highest BCUT2D eigenvalue weighted by Crippen LogP contribution is 2.34. The summed E-state index contributed by atoms with van der Waals surface area (Å²) in [6.07, 6.45) is 2.45. The van der Waals surface area contributed by atoms with Gasteiger partial charge in [0, 0.05) is 17.9 Å². The van der Waals surface area contributed by atoms with Crippen molar-refractivity contribution >= 4 is 34.6 Å². The fourth-order valence-corrected chi connectivity index (χ4v) is 6.08. The molecule has 240 valence electrons. The van der Waals surface area contributed by atoms with Crippen molar-refractivity contribution in [2.24, 2.45) is 11.8 Å². The molecule has 4 N–H and O–H groups in total. The summed E-state index contributed by atoms with van der Waals surface area (Å²) >= 11 is 0. The average molecular weight is 624 g/mol. The fraction of sp³-hybridized carbons (Fsp3) is 0.417. The van der Waals surface area contributed by atoms with E-state index in [1.807, 2.05) is 86.6 Å². The van der Waals surface area contributed by atoms with Crippen molar-refractivity contribution in [2.45, 2.75) is 82.6 Å². The van der Waals surface area contributed by atoms with Gasteiger partial charge in [0.15, 0.2) is 0 Å². The van der Waals surface area contributed by atoms with Crippen molar-refractivity contribution < 1.29 is 23.9 Å². The Morgan fingerprint density at radius 1 is 0.913 bits per heavy atom. The standard InChI is InChI=1S/C36H41N5O5/c1-36(2)20-27(32(42)41-36)18-28(21-37)38-33(43)30(17-23-15-16-23)39-34(44)31(40-35(45)46-22-24-9-4-3-5-10-24)19-26-13-8-12-25-11-6-7-14-29(25)26/h3-14,23,27-28,30-31H,15-20,22H2,1-2H3,(H,38,43)(H,39,44)(H,40,45)(H,41,42). The third-order valence-electron chi connectivity index (χ3n) is 8.61. The van der Waals surface area contributed by atoms with Gasteiger partial charge in [-0.2, -0.15) is 5.26 Å². The van der Waals surface area contributed by atoms with Gasteiger partial charge in [-0.3, -0.25) is 14.4 Å². The summed E-state index contributed by atoms with van der Waals surface area (Å²) in [6.45, 7) is 3.88. The first-order valence-corrected chi connectivity index (χ1v) is 15.9. The second-order valence-corrected chi connectivity index (χ2v) is 13.0. The minimum atomic E-state index is -1.04. The maximum Gasteiger partial charge on any atom is 0.408 e. The zero-order valence-electron chi connectivity index (χ0n) is 26.3. The highest BCUT2D eigenvalue weighted by atomic mass is 16.5. The molecule has 4 amide bonds. The summed E-state index contributed by atoms with van der Waals surface area (Å²) in [7, 11) is 0. The van der Waals surface area contributed by atoms with E-state index in [0.29, 0.717) is 12.8 Å². The maximum absolute atomic E-state index is 13.9. The summed E-state index contributed by atoms with van der Waals surface area (Å²) in [6, 6.07) is 22.1. The van der Waals surface area contributed by atoms with Crippen LogP contribution in [0.2, 0.25) is 0 Å². The summed E-state index contributed by atoms with van der Waals surface area (Å²) in [5, 5.41) is 23.1. The summed E-state index contributed by atoms with van der Waals surface area (Å²) in [5.41, 5.74) is 1.29. The third-order valence-corrected chi connectivity index (χ3v) is 8.61. The summed E-state index contributed by atoms with van der Waals surface area (Å²) in [4.78, 5) is 52.8. The van der Waals surface area contributed by atoms with Crippen molar-refractivity contribution in [1.29, 1.82) is 5.26 Å². The van der Waals surface area contributed by atoms with Crippen LogP contribution in [-0.4, -0.2) is 47.5 Å². The number of carbonyl (C=O) groups is 4. The lowest BCUT2D eigenvalue weighted by atomic mass is 9.92. The lowest BCUT2D eigenvalue weighted by molar-refractivity contribution is -0.130. The predicted octanol–water partition coefficient (Wildman–Crippen LogP) is 4.28. The quantitative estimate of drug-likeness (QED) is 0.223. The Labute approximate surface area is 269 Å². The Hall–Kier alpha value is -4.91. The van der Waals surface area contributed by atoms with E-state index in [-0.39, 0.29) is 36.8 Å². The maximum atomic E-state index is 13.9. The first-order valence-electron chi connectivity index (χ1n) is 15.9. The number of carbonyl (C=O) groups excluding carboxylic acids is 4. The first-order chi connectivity index (χ1) is 22.1. The van der Waals surface area contributed by atoms with Gasteiger partial charge >= 0.3 is 6.09 Å². The molecular weight excluding hydrogens is 582 g/mol. The zero-order valence-corrected chi connectivity index (χ0v) is 26.3. The molecule has 2 fully saturated rings. The van der Waals surface area contributed by atoms with Gasteiger partial charge in [0.05, 0.1) is 6.07 Å². The molecule has 0 radical (unpaired) electrons. The molecule has 0 aromatic heterocycles. The SMILES string of the molecule is CC1(C)CC(CC(C#N)NC(=O)C(CC2CC2)NC(=O)C(Cc2cccc3ccccc23)NC(=O)OCc2ccccc2)C(=O)N1. The van der Waals surface area contributed by atoms with Crippen LogP contribution in [0.5, 0.6) is 0 Å². The second kappa shape index (κ2) is 14.5. The Balaban J connectivity index is 1.30. The normalized spacial score (nSPS) is 18.8. The molecule has 2 aliphatic rings. The molecule has 46 heavy (non-hydrogen) atoms. The van der Waals surface area contributed by atoms with Crippen molar-refractivity contribution in [1.82, 2.24) is 21.3 Å². The van der Waals surface area contributed by atoms with Crippen LogP contribution in [0.25, 0.3) is 10.8 Å². The van der Waals surface area contributed by atoms with E-state index in [0.717, 1.165) is 34.7 Å². The number of fused-ring (bicyclic) bond motifs is 1. The van der Waals surface area contributed by atoms with Gasteiger partial charge in [0.2, 0.25) is 17.7 Å². The van der Waals surface area contributed by atoms with Crippen LogP contribution in [-0.2, 0) is 32.1 Å². The Morgan fingerprint density at radius 3 is 2.30 bits per heavy atom. The molecule has 10 heteroatoms. The fourth-order valence-electron chi connectivity index (χ4n) is 6.08. The Kier molecular flexibility index (Phi) is 10.2. The zero-order chi connectivity index (χ0) is 32.7. The molecule has 1 aliphatic carbocycles. The van der Waals surface area contributed by atoms with Crippen molar-refractivity contribution in [3.05, 3.63) is 83.9 Å². The van der Waals surface area contributed by atoms with E-state index in [2.05, 4.69) is 27.3 Å². The molecule has 1 saturated heterocycles. The minimum Gasteiger partial charge on any atom is -0.445 e. The molecule has 1 saturated carbocycles. The number of hydrogen-bond acceptors (Lipinski definition) is 6. The largest absolute Gasteiger partial charge is 0.445 e. The molecule has 3 aromatic carbocycles. The van der Waals surface area contributed by atoms with Crippen molar-refractivity contribution in [3.8, 4) is 6.07 Å². The van der Waals surface area contributed by atoms with Crippen LogP contribution in [0.4, 0.5) is 4.79 Å². The molecule has 1 heterocycles. The van der Waals surface area contributed by atoms with Crippen molar-refractivity contribution in [2.75, 3.05) is 0 Å². The highest BCUT2D eigenvalue weighted by molar-refractivity contribution is 5.93. The molecule has 0 spiro atoms. The van der Waals surface area contributed by atoms with Gasteiger partial charge in [-0.05, 0) is 60.9 Å². The van der Waals surface area contributed by atoms with E-state index in [1.165, 1.54) is 0 Å². The average Bonchev–Trinajstić information content (AvgIpc) is 3.82. The molecule has 4 atom stereocenters. The minimum absolute atomic E-state index is 0.0355. The smallest absolute Gasteiger partial charge is 0.408 e. The molecule has 5 rings (SSSR count). The molecule has 4 unspecified atom stereocenters. The van der Waals surface area contributed by atoms with E-state index in [4.69, 9.17) is 4.74 Å². The monoisotopic (exact) mass is 623 g/mol. The van der Waals surface area contributed by atoms with Gasteiger partial charge < -0.3 is 26.0 Å². The van der Waals surface area contributed by atoms with E-state index in [1.54, 1.807) is 0 Å². The van der Waals surface area contributed by atoms with Gasteiger partial charge in [-0.15, -0.1) is 0 Å². The Bertz CT molecular complexity index is 1610. The van der Waals surface area contributed by atoms with E-state index < -0.39 is 42.0 Å². The number of ether oxygens (including phenoxy) is 1. The highest BCUT2D eigenvalue weighted by Gasteiger charge is 2.39. The van der Waals surface area contributed by atoms with Crippen LogP contribution >= 0.6 is 0 Å². The lowest BCUT2D eigenvalue weighted by Crippen LogP contribution is -2.55. The second-order valence-electron chi connectivity index (χ2n) is 13.0. The van der Waals surface area contributed by atoms with Crippen LogP contribution in [0.1, 0.15) is 57.1 Å². The van der Waals surface area contributed by atoms with Crippen LogP contribution in [0, 0.1) is 23.2 Å². The van der Waals surface area contributed by atoms with Gasteiger partial charge in [0.1, 0.15) is 24.7 Å². The number of hydrogen-bond donors (Lipinski definition) is 4. The van der Waals surface area contributed by atoms with E-state index in [9.17, 15) is 24.4 Å². The van der Waals surface area contributed by atoms with Crippen LogP contribution in [0.3, 0.4) is 0 Å². The summed E-state index contributed by atoms with van der Waals surface area (Å²) in [5.74, 6) is -1.27. The number of nitrogens with one attached hydrogen (secondary N) is 4. The third kappa shape index (κ3) is 8.84. The summed E-state index contributed by atoms with van der Waals surface area (Å²) < 4.78 is 5.44. The first kappa shape index (κ1) is 32.5. The van der Waals surface area contributed by atoms with Gasteiger partial charge in [-0.1, -0.05) is 85.6 Å². The topological polar surface area (TPSA) is 149 Å². The van der Waals surface area contributed by atoms with Gasteiger partial charge in [-0.25, -0.2) is 4.79 Å². The molecule has 10 nitrogen and oxygen atoms in total. The molecule has 1 aliphatic heterocycles. The number of benzene rings is 3. The number of nitriles is 1. The Morgan fingerprint density at radius 2 is 1.61 bits per heavy atom. The number of rotatable bonds is 13.